The molecule has 13 heteroatoms. The molecule has 2 aromatic heterocycles. The number of anilines is 1. The maximum Gasteiger partial charge on any atom is 0.323 e. The lowest BCUT2D eigenvalue weighted by Gasteiger charge is -2.47. The van der Waals surface area contributed by atoms with Crippen molar-refractivity contribution in [1.29, 1.82) is 0 Å². The fourth-order valence-electron chi connectivity index (χ4n) is 5.06. The van der Waals surface area contributed by atoms with Gasteiger partial charge in [-0.1, -0.05) is 5.16 Å². The molecule has 12 nitrogen and oxygen atoms in total. The second-order valence-electron chi connectivity index (χ2n) is 9.53. The van der Waals surface area contributed by atoms with Crippen molar-refractivity contribution in [3.05, 3.63) is 36.0 Å². The van der Waals surface area contributed by atoms with Gasteiger partial charge in [-0.3, -0.25) is 9.78 Å². The van der Waals surface area contributed by atoms with Gasteiger partial charge < -0.3 is 24.7 Å². The fraction of sp³-hybridized carbons (Fsp3) is 0.565. The van der Waals surface area contributed by atoms with Crippen LogP contribution in [-0.2, 0) is 14.8 Å². The molecule has 2 fully saturated rings. The Morgan fingerprint density at radius 2 is 1.72 bits per heavy atom. The van der Waals surface area contributed by atoms with Crippen LogP contribution in [0.4, 0.5) is 10.5 Å². The Balaban J connectivity index is 1.27. The number of piperidine rings is 2. The molecule has 0 aliphatic carbocycles. The van der Waals surface area contributed by atoms with Crippen LogP contribution < -0.4 is 14.9 Å². The number of carbonyl (C=O) groups excluding carboxylic acids is 1. The van der Waals surface area contributed by atoms with Gasteiger partial charge in [0, 0.05) is 50.8 Å². The number of hydrogen-bond acceptors (Lipinski definition) is 8. The Morgan fingerprint density at radius 1 is 1.11 bits per heavy atom. The molecule has 2 aliphatic heterocycles. The minimum absolute atomic E-state index is 0.0574. The number of aliphatic carboxylic acids is 1. The van der Waals surface area contributed by atoms with E-state index in [4.69, 9.17) is 4.52 Å². The highest BCUT2D eigenvalue weighted by Crippen LogP contribution is 2.42. The number of carboxylic acid groups (broad SMARTS) is 1. The number of nitrogens with one attached hydrogen (secondary N) is 2. The number of aromatic nitrogens is 2. The smallest absolute Gasteiger partial charge is 0.323 e. The molecule has 4 rings (SSSR count). The quantitative estimate of drug-likeness (QED) is 0.492. The summed E-state index contributed by atoms with van der Waals surface area (Å²) in [6.45, 7) is 5.56. The first-order valence-electron chi connectivity index (χ1n) is 12.0. The van der Waals surface area contributed by atoms with E-state index in [-0.39, 0.29) is 28.3 Å². The van der Waals surface area contributed by atoms with E-state index < -0.39 is 28.1 Å². The zero-order valence-electron chi connectivity index (χ0n) is 20.4. The fourth-order valence-corrected chi connectivity index (χ4v) is 6.58. The summed E-state index contributed by atoms with van der Waals surface area (Å²) in [7, 11) is -4.20. The van der Waals surface area contributed by atoms with Gasteiger partial charge in [0.25, 0.3) is 0 Å². The summed E-state index contributed by atoms with van der Waals surface area (Å²) in [6, 6.07) is 2.09. The summed E-state index contributed by atoms with van der Waals surface area (Å²) >= 11 is 0. The zero-order valence-corrected chi connectivity index (χ0v) is 21.3. The first-order chi connectivity index (χ1) is 17.1. The highest BCUT2D eigenvalue weighted by atomic mass is 32.2. The van der Waals surface area contributed by atoms with E-state index in [1.807, 2.05) is 12.1 Å². The van der Waals surface area contributed by atoms with Crippen molar-refractivity contribution in [2.24, 2.45) is 5.41 Å². The Kier molecular flexibility index (Phi) is 7.50. The Hall–Kier alpha value is -3.19. The normalized spacial score (nSPS) is 18.7. The topological polar surface area (TPSA) is 158 Å². The number of aryl methyl sites for hydroxylation is 2. The average Bonchev–Trinajstić information content (AvgIpc) is 3.21. The molecule has 0 bridgehead atoms. The zero-order chi connectivity index (χ0) is 25.9. The van der Waals surface area contributed by atoms with E-state index in [1.165, 1.54) is 19.5 Å². The van der Waals surface area contributed by atoms with E-state index in [0.29, 0.717) is 13.1 Å². The van der Waals surface area contributed by atoms with Gasteiger partial charge in [-0.15, -0.1) is 0 Å². The third kappa shape index (κ3) is 5.62. The van der Waals surface area contributed by atoms with Crippen molar-refractivity contribution in [2.75, 3.05) is 37.6 Å². The molecule has 0 radical (unpaired) electrons. The van der Waals surface area contributed by atoms with Crippen LogP contribution in [-0.4, -0.2) is 79.3 Å². The molecule has 196 valence electrons. The van der Waals surface area contributed by atoms with Crippen LogP contribution in [0.5, 0.6) is 0 Å². The van der Waals surface area contributed by atoms with Gasteiger partial charge >= 0.3 is 12.0 Å². The van der Waals surface area contributed by atoms with Crippen LogP contribution in [0.15, 0.2) is 33.9 Å². The number of carboxylic acids is 1. The monoisotopic (exact) mass is 520 g/mol. The largest absolute Gasteiger partial charge is 0.480 e. The molecule has 1 atom stereocenters. The first-order valence-corrected chi connectivity index (χ1v) is 13.4. The van der Waals surface area contributed by atoms with Crippen molar-refractivity contribution >= 4 is 27.7 Å². The van der Waals surface area contributed by atoms with Crippen LogP contribution in [0.2, 0.25) is 0 Å². The molecule has 2 aromatic rings. The summed E-state index contributed by atoms with van der Waals surface area (Å²) in [6.07, 6.45) is 7.46. The molecule has 36 heavy (non-hydrogen) atoms. The lowest BCUT2D eigenvalue weighted by molar-refractivity contribution is -0.138. The van der Waals surface area contributed by atoms with Crippen LogP contribution in [0, 0.1) is 19.3 Å². The summed E-state index contributed by atoms with van der Waals surface area (Å²) in [5.41, 5.74) is 1.50. The van der Waals surface area contributed by atoms with Gasteiger partial charge in [-0.2, -0.15) is 4.72 Å². The third-order valence-electron chi connectivity index (χ3n) is 7.25. The molecule has 1 spiro atoms. The van der Waals surface area contributed by atoms with Gasteiger partial charge in [0.2, 0.25) is 10.0 Å². The summed E-state index contributed by atoms with van der Waals surface area (Å²) in [5, 5.41) is 15.7. The van der Waals surface area contributed by atoms with Gasteiger partial charge in [0.15, 0.2) is 5.76 Å². The summed E-state index contributed by atoms with van der Waals surface area (Å²) < 4.78 is 32.4. The number of carbonyl (C=O) groups is 2. The van der Waals surface area contributed by atoms with E-state index in [1.54, 1.807) is 17.3 Å². The maximum absolute atomic E-state index is 12.7. The molecular formula is C23H32N6O6S. The van der Waals surface area contributed by atoms with Crippen LogP contribution in [0.1, 0.15) is 37.1 Å². The van der Waals surface area contributed by atoms with Gasteiger partial charge in [-0.05, 0) is 57.1 Å². The lowest BCUT2D eigenvalue weighted by Crippen LogP contribution is -2.53. The molecular weight excluding hydrogens is 488 g/mol. The van der Waals surface area contributed by atoms with Crippen LogP contribution in [0.3, 0.4) is 0 Å². The lowest BCUT2D eigenvalue weighted by atomic mass is 9.71. The van der Waals surface area contributed by atoms with Crippen molar-refractivity contribution < 1.29 is 27.6 Å². The summed E-state index contributed by atoms with van der Waals surface area (Å²) in [5.74, 6) is -1.34. The number of rotatable bonds is 7. The predicted molar refractivity (Wildman–Crippen MR) is 130 cm³/mol. The van der Waals surface area contributed by atoms with Crippen molar-refractivity contribution in [3.63, 3.8) is 0 Å². The van der Waals surface area contributed by atoms with E-state index >= 15 is 0 Å². The second kappa shape index (κ2) is 10.4. The highest BCUT2D eigenvalue weighted by molar-refractivity contribution is 7.89. The molecule has 0 unspecified atom stereocenters. The van der Waals surface area contributed by atoms with Crippen molar-refractivity contribution in [2.45, 2.75) is 50.5 Å². The highest BCUT2D eigenvalue weighted by Gasteiger charge is 2.39. The minimum Gasteiger partial charge on any atom is -0.480 e. The standard InChI is InChI=1S/C23H32N6O6S/c1-16-20(17(2)35-26-16)36(33,34)27-19(21(30)31)15-25-22(32)29-13-7-23(8-14-29)5-11-28(12-6-23)18-3-9-24-10-4-18/h3-4,9-10,19,27H,5-8,11-15H2,1-2H3,(H,25,32)(H,30,31)/t19-/m0/s1. The SMILES string of the molecule is Cc1noc(C)c1S(=O)(=O)N[C@@H](CNC(=O)N1CCC2(CC1)CCN(c1ccncc1)CC2)C(=O)O. The van der Waals surface area contributed by atoms with Gasteiger partial charge in [0.1, 0.15) is 16.6 Å². The van der Waals surface area contributed by atoms with Gasteiger partial charge in [-0.25, -0.2) is 13.2 Å². The molecule has 0 saturated carbocycles. The number of amides is 2. The Morgan fingerprint density at radius 3 is 2.28 bits per heavy atom. The van der Waals surface area contributed by atoms with E-state index in [2.05, 4.69) is 25.1 Å². The Labute approximate surface area is 210 Å². The van der Waals surface area contributed by atoms with E-state index in [0.717, 1.165) is 38.8 Å². The Bertz CT molecular complexity index is 1160. The number of likely N-dealkylation sites (tertiary alicyclic amines) is 1. The molecule has 2 amide bonds. The van der Waals surface area contributed by atoms with Crippen LogP contribution >= 0.6 is 0 Å². The predicted octanol–water partition coefficient (Wildman–Crippen LogP) is 1.51. The number of pyridine rings is 1. The number of hydrogen-bond donors (Lipinski definition) is 3. The molecule has 2 aliphatic rings. The maximum atomic E-state index is 12.7. The van der Waals surface area contributed by atoms with Crippen molar-refractivity contribution in [1.82, 2.24) is 25.1 Å². The number of urea groups is 1. The molecule has 2 saturated heterocycles. The molecule has 4 heterocycles. The number of sulfonamides is 1. The van der Waals surface area contributed by atoms with Gasteiger partial charge in [0.05, 0.1) is 0 Å². The van der Waals surface area contributed by atoms with E-state index in [9.17, 15) is 23.1 Å². The van der Waals surface area contributed by atoms with Crippen LogP contribution in [0.25, 0.3) is 0 Å². The minimum atomic E-state index is -4.20. The molecule has 3 N–H and O–H groups in total. The second-order valence-corrected chi connectivity index (χ2v) is 11.2. The van der Waals surface area contributed by atoms with Crippen molar-refractivity contribution in [3.8, 4) is 0 Å². The third-order valence-corrected chi connectivity index (χ3v) is 8.97. The number of nitrogens with zero attached hydrogens (tertiary/aromatic N) is 4. The molecule has 0 aromatic carbocycles. The summed E-state index contributed by atoms with van der Waals surface area (Å²) in [4.78, 5) is 32.4. The average molecular weight is 521 g/mol. The first kappa shape index (κ1) is 25.9.